The normalized spacial score (nSPS) is 16.6. The first-order valence-electron chi connectivity index (χ1n) is 8.75. The molecule has 6 heteroatoms. The van der Waals surface area contributed by atoms with Gasteiger partial charge >= 0.3 is 0 Å². The molecule has 0 radical (unpaired) electrons. The first-order chi connectivity index (χ1) is 12.0. The Morgan fingerprint density at radius 3 is 2.72 bits per heavy atom. The Bertz CT molecular complexity index is 751. The summed E-state index contributed by atoms with van der Waals surface area (Å²) in [5.41, 5.74) is 1.03. The van der Waals surface area contributed by atoms with Crippen LogP contribution in [0.4, 0.5) is 4.39 Å². The molecule has 1 aromatic carbocycles. The summed E-state index contributed by atoms with van der Waals surface area (Å²) in [4.78, 5) is 12.5. The predicted octanol–water partition coefficient (Wildman–Crippen LogP) is 2.99. The van der Waals surface area contributed by atoms with Gasteiger partial charge in [-0.15, -0.1) is 0 Å². The van der Waals surface area contributed by atoms with Crippen molar-refractivity contribution >= 4 is 5.91 Å². The smallest absolute Gasteiger partial charge is 0.271 e. The minimum atomic E-state index is -0.387. The van der Waals surface area contributed by atoms with Crippen LogP contribution in [-0.4, -0.2) is 33.9 Å². The zero-order valence-electron chi connectivity index (χ0n) is 14.5. The molecule has 5 nitrogen and oxygen atoms in total. The minimum Gasteiger partial charge on any atom is -0.396 e. The van der Waals surface area contributed by atoms with Crippen molar-refractivity contribution in [3.05, 3.63) is 47.5 Å². The van der Waals surface area contributed by atoms with Gasteiger partial charge in [0.1, 0.15) is 11.5 Å². The molecule has 2 aromatic rings. The van der Waals surface area contributed by atoms with Crippen LogP contribution in [0.2, 0.25) is 0 Å². The van der Waals surface area contributed by atoms with Gasteiger partial charge in [-0.25, -0.2) is 9.07 Å². The van der Waals surface area contributed by atoms with E-state index >= 15 is 0 Å². The van der Waals surface area contributed by atoms with Gasteiger partial charge in [0, 0.05) is 17.7 Å². The second kappa shape index (κ2) is 7.35. The maximum atomic E-state index is 14.0. The monoisotopic (exact) mass is 345 g/mol. The van der Waals surface area contributed by atoms with Gasteiger partial charge in [-0.3, -0.25) is 4.79 Å². The van der Waals surface area contributed by atoms with E-state index in [9.17, 15) is 14.3 Å². The fraction of sp³-hybridized carbons (Fsp3) is 0.474. The average molecular weight is 345 g/mol. The van der Waals surface area contributed by atoms with Crippen molar-refractivity contribution in [1.29, 1.82) is 0 Å². The van der Waals surface area contributed by atoms with Crippen LogP contribution >= 0.6 is 0 Å². The van der Waals surface area contributed by atoms with Gasteiger partial charge in [0.25, 0.3) is 5.91 Å². The third-order valence-electron chi connectivity index (χ3n) is 5.07. The average Bonchev–Trinajstić information content (AvgIpc) is 3.02. The highest BCUT2D eigenvalue weighted by Crippen LogP contribution is 2.35. The molecule has 2 N–H and O–H groups in total. The number of benzene rings is 1. The van der Waals surface area contributed by atoms with E-state index in [4.69, 9.17) is 0 Å². The number of aliphatic hydroxyl groups excluding tert-OH is 1. The third-order valence-corrected chi connectivity index (χ3v) is 5.07. The number of amides is 1. The lowest BCUT2D eigenvalue weighted by Crippen LogP contribution is -2.41. The van der Waals surface area contributed by atoms with Gasteiger partial charge in [0.2, 0.25) is 0 Å². The molecule has 0 unspecified atom stereocenters. The summed E-state index contributed by atoms with van der Waals surface area (Å²) in [6.07, 6.45) is 5.19. The van der Waals surface area contributed by atoms with Crippen LogP contribution in [0.1, 0.15) is 48.3 Å². The lowest BCUT2D eigenvalue weighted by Gasteiger charge is -2.35. The van der Waals surface area contributed by atoms with Crippen LogP contribution in [0.25, 0.3) is 5.69 Å². The quantitative estimate of drug-likeness (QED) is 0.875. The van der Waals surface area contributed by atoms with Gasteiger partial charge in [0.15, 0.2) is 5.69 Å². The molecule has 1 heterocycles. The van der Waals surface area contributed by atoms with Crippen molar-refractivity contribution in [3.63, 3.8) is 0 Å². The van der Waals surface area contributed by atoms with Gasteiger partial charge in [-0.2, -0.15) is 5.10 Å². The molecule has 3 rings (SSSR count). The van der Waals surface area contributed by atoms with E-state index in [0.29, 0.717) is 17.9 Å². The summed E-state index contributed by atoms with van der Waals surface area (Å²) >= 11 is 0. The van der Waals surface area contributed by atoms with Gasteiger partial charge in [-0.05, 0) is 38.0 Å². The molecule has 1 fully saturated rings. The Hall–Kier alpha value is -2.21. The van der Waals surface area contributed by atoms with Gasteiger partial charge in [0.05, 0.1) is 6.61 Å². The highest BCUT2D eigenvalue weighted by Gasteiger charge is 2.32. The largest absolute Gasteiger partial charge is 0.396 e. The zero-order chi connectivity index (χ0) is 17.9. The molecule has 1 saturated carbocycles. The standard InChI is InChI=1S/C19H24FN3O2/c1-14-11-16(22-23(14)17-8-4-3-7-15(17)20)18(25)21-12-19(13-24)9-5-2-6-10-19/h3-4,7-8,11,24H,2,5-6,9-10,12-13H2,1H3,(H,21,25). The Balaban J connectivity index is 1.73. The first-order valence-corrected chi connectivity index (χ1v) is 8.75. The van der Waals surface area contributed by atoms with Crippen molar-refractivity contribution in [2.45, 2.75) is 39.0 Å². The first kappa shape index (κ1) is 17.6. The number of aryl methyl sites for hydroxylation is 1. The van der Waals surface area contributed by atoms with Crippen LogP contribution in [0, 0.1) is 18.2 Å². The van der Waals surface area contributed by atoms with Crippen LogP contribution in [-0.2, 0) is 0 Å². The summed E-state index contributed by atoms with van der Waals surface area (Å²) in [6, 6.07) is 7.98. The number of halogens is 1. The Kier molecular flexibility index (Phi) is 5.18. The van der Waals surface area contributed by atoms with Crippen LogP contribution in [0.5, 0.6) is 0 Å². The minimum absolute atomic E-state index is 0.0793. The van der Waals surface area contributed by atoms with Gasteiger partial charge in [-0.1, -0.05) is 31.4 Å². The number of hydrogen-bond donors (Lipinski definition) is 2. The number of carbonyl (C=O) groups excluding carboxylic acids is 1. The Labute approximate surface area is 146 Å². The second-order valence-electron chi connectivity index (χ2n) is 6.94. The topological polar surface area (TPSA) is 67.2 Å². The lowest BCUT2D eigenvalue weighted by molar-refractivity contribution is 0.0715. The molecule has 1 aromatic heterocycles. The van der Waals surface area contributed by atoms with Gasteiger partial charge < -0.3 is 10.4 Å². The van der Waals surface area contributed by atoms with E-state index in [1.54, 1.807) is 31.2 Å². The van der Waals surface area contributed by atoms with Crippen LogP contribution in [0.15, 0.2) is 30.3 Å². The van der Waals surface area contributed by atoms with Crippen molar-refractivity contribution in [3.8, 4) is 5.69 Å². The molecular weight excluding hydrogens is 321 g/mol. The maximum absolute atomic E-state index is 14.0. The van der Waals surface area contributed by atoms with E-state index in [2.05, 4.69) is 10.4 Å². The number of carbonyl (C=O) groups is 1. The summed E-state index contributed by atoms with van der Waals surface area (Å²) in [7, 11) is 0. The summed E-state index contributed by atoms with van der Waals surface area (Å²) < 4.78 is 15.4. The number of para-hydroxylation sites is 1. The third kappa shape index (κ3) is 3.74. The van der Waals surface area contributed by atoms with E-state index < -0.39 is 0 Å². The summed E-state index contributed by atoms with van der Waals surface area (Å²) in [5.74, 6) is -0.682. The SMILES string of the molecule is Cc1cc(C(=O)NCC2(CO)CCCCC2)nn1-c1ccccc1F. The van der Waals surface area contributed by atoms with Crippen molar-refractivity contribution in [2.24, 2.45) is 5.41 Å². The molecule has 1 aliphatic carbocycles. The molecule has 25 heavy (non-hydrogen) atoms. The molecule has 0 aliphatic heterocycles. The number of aliphatic hydroxyl groups is 1. The molecule has 0 spiro atoms. The predicted molar refractivity (Wildman–Crippen MR) is 93.2 cm³/mol. The fourth-order valence-electron chi connectivity index (χ4n) is 3.50. The molecule has 0 saturated heterocycles. The molecule has 0 atom stereocenters. The lowest BCUT2D eigenvalue weighted by atomic mass is 9.74. The highest BCUT2D eigenvalue weighted by atomic mass is 19.1. The van der Waals surface area contributed by atoms with E-state index in [1.165, 1.54) is 17.2 Å². The van der Waals surface area contributed by atoms with Crippen LogP contribution in [0.3, 0.4) is 0 Å². The number of nitrogens with zero attached hydrogens (tertiary/aromatic N) is 2. The van der Waals surface area contributed by atoms with Crippen molar-refractivity contribution < 1.29 is 14.3 Å². The number of aromatic nitrogens is 2. The molecule has 134 valence electrons. The highest BCUT2D eigenvalue weighted by molar-refractivity contribution is 5.92. The summed E-state index contributed by atoms with van der Waals surface area (Å²) in [6.45, 7) is 2.30. The number of nitrogens with one attached hydrogen (secondary N) is 1. The molecule has 0 bridgehead atoms. The molecule has 1 amide bonds. The van der Waals surface area contributed by atoms with E-state index in [1.807, 2.05) is 0 Å². The van der Waals surface area contributed by atoms with Crippen LogP contribution < -0.4 is 5.32 Å². The zero-order valence-corrected chi connectivity index (χ0v) is 14.5. The summed E-state index contributed by atoms with van der Waals surface area (Å²) in [5, 5.41) is 16.9. The second-order valence-corrected chi connectivity index (χ2v) is 6.94. The van der Waals surface area contributed by atoms with Crippen molar-refractivity contribution in [2.75, 3.05) is 13.2 Å². The Morgan fingerprint density at radius 2 is 2.04 bits per heavy atom. The number of rotatable bonds is 5. The molecular formula is C19H24FN3O2. The molecule has 1 aliphatic rings. The Morgan fingerprint density at radius 1 is 1.32 bits per heavy atom. The fourth-order valence-corrected chi connectivity index (χ4v) is 3.50. The number of hydrogen-bond acceptors (Lipinski definition) is 3. The van der Waals surface area contributed by atoms with Crippen molar-refractivity contribution in [1.82, 2.24) is 15.1 Å². The van der Waals surface area contributed by atoms with E-state index in [0.717, 1.165) is 25.7 Å². The maximum Gasteiger partial charge on any atom is 0.271 e. The van der Waals surface area contributed by atoms with E-state index in [-0.39, 0.29) is 29.4 Å².